The van der Waals surface area contributed by atoms with E-state index < -0.39 is 0 Å². The van der Waals surface area contributed by atoms with E-state index in [1.807, 2.05) is 36.7 Å². The molecule has 5 rings (SSSR count). The molecule has 0 amide bonds. The van der Waals surface area contributed by atoms with E-state index in [0.717, 1.165) is 42.0 Å². The van der Waals surface area contributed by atoms with Crippen molar-refractivity contribution in [2.45, 2.75) is 39.3 Å². The van der Waals surface area contributed by atoms with Crippen LogP contribution in [0.1, 0.15) is 32.0 Å². The maximum absolute atomic E-state index is 6.16. The Kier molecular flexibility index (Phi) is 4.10. The van der Waals surface area contributed by atoms with Crippen LogP contribution in [0.15, 0.2) is 43.0 Å². The van der Waals surface area contributed by atoms with Gasteiger partial charge in [0.25, 0.3) is 0 Å². The normalized spacial score (nSPS) is 14.4. The van der Waals surface area contributed by atoms with Crippen LogP contribution in [0.3, 0.4) is 0 Å². The Balaban J connectivity index is 1.53. The van der Waals surface area contributed by atoms with Gasteiger partial charge in [-0.1, -0.05) is 17.7 Å². The SMILES string of the molecule is CC(C)(C)n1ncc2c1CCN(c1ncnc3c1cnn3-c1cccc(Cl)c1)C2. The van der Waals surface area contributed by atoms with Gasteiger partial charge >= 0.3 is 0 Å². The molecule has 148 valence electrons. The van der Waals surface area contributed by atoms with Gasteiger partial charge in [-0.25, -0.2) is 14.6 Å². The summed E-state index contributed by atoms with van der Waals surface area (Å²) in [7, 11) is 0. The van der Waals surface area contributed by atoms with Gasteiger partial charge < -0.3 is 4.90 Å². The highest BCUT2D eigenvalue weighted by atomic mass is 35.5. The minimum Gasteiger partial charge on any atom is -0.351 e. The van der Waals surface area contributed by atoms with Crippen molar-refractivity contribution in [1.82, 2.24) is 29.5 Å². The molecule has 0 N–H and O–H groups in total. The van der Waals surface area contributed by atoms with Gasteiger partial charge in [-0.3, -0.25) is 4.68 Å². The maximum Gasteiger partial charge on any atom is 0.168 e. The van der Waals surface area contributed by atoms with Crippen LogP contribution in [0.5, 0.6) is 0 Å². The van der Waals surface area contributed by atoms with E-state index in [1.165, 1.54) is 11.3 Å². The molecule has 0 atom stereocenters. The van der Waals surface area contributed by atoms with Gasteiger partial charge in [0, 0.05) is 35.8 Å². The van der Waals surface area contributed by atoms with E-state index in [1.54, 1.807) is 11.0 Å². The van der Waals surface area contributed by atoms with Gasteiger partial charge in [0.15, 0.2) is 5.65 Å². The Morgan fingerprint density at radius 1 is 1.07 bits per heavy atom. The first-order chi connectivity index (χ1) is 13.9. The fourth-order valence-electron chi connectivity index (χ4n) is 3.97. The van der Waals surface area contributed by atoms with E-state index in [9.17, 15) is 0 Å². The molecule has 0 saturated heterocycles. The Morgan fingerprint density at radius 2 is 1.93 bits per heavy atom. The molecule has 4 heterocycles. The first-order valence-electron chi connectivity index (χ1n) is 9.68. The second-order valence-corrected chi connectivity index (χ2v) is 8.78. The molecule has 29 heavy (non-hydrogen) atoms. The minimum atomic E-state index is -0.0178. The smallest absolute Gasteiger partial charge is 0.168 e. The van der Waals surface area contributed by atoms with Gasteiger partial charge in [-0.15, -0.1) is 0 Å². The molecule has 8 heteroatoms. The molecular weight excluding hydrogens is 386 g/mol. The van der Waals surface area contributed by atoms with Crippen molar-refractivity contribution in [2.75, 3.05) is 11.4 Å². The molecule has 0 radical (unpaired) electrons. The molecule has 3 aromatic heterocycles. The summed E-state index contributed by atoms with van der Waals surface area (Å²) in [6.45, 7) is 8.21. The van der Waals surface area contributed by atoms with Crippen LogP contribution in [0.25, 0.3) is 16.7 Å². The number of anilines is 1. The second-order valence-electron chi connectivity index (χ2n) is 8.34. The molecule has 1 aliphatic rings. The molecule has 0 bridgehead atoms. The van der Waals surface area contributed by atoms with Crippen molar-refractivity contribution in [3.05, 3.63) is 59.3 Å². The summed E-state index contributed by atoms with van der Waals surface area (Å²) >= 11 is 6.16. The summed E-state index contributed by atoms with van der Waals surface area (Å²) in [5, 5.41) is 10.8. The lowest BCUT2D eigenvalue weighted by Gasteiger charge is -2.31. The summed E-state index contributed by atoms with van der Waals surface area (Å²) in [5.74, 6) is 0.900. The lowest BCUT2D eigenvalue weighted by molar-refractivity contribution is 0.341. The molecule has 0 aliphatic carbocycles. The molecule has 7 nitrogen and oxygen atoms in total. The van der Waals surface area contributed by atoms with E-state index in [2.05, 4.69) is 50.5 Å². The highest BCUT2D eigenvalue weighted by Crippen LogP contribution is 2.30. The van der Waals surface area contributed by atoms with Crippen LogP contribution in [0.4, 0.5) is 5.82 Å². The number of benzene rings is 1. The van der Waals surface area contributed by atoms with Crippen molar-refractivity contribution >= 4 is 28.5 Å². The highest BCUT2D eigenvalue weighted by molar-refractivity contribution is 6.30. The summed E-state index contributed by atoms with van der Waals surface area (Å²) in [6, 6.07) is 7.60. The number of halogens is 1. The van der Waals surface area contributed by atoms with Crippen molar-refractivity contribution in [3.8, 4) is 5.69 Å². The predicted octanol–water partition coefficient (Wildman–Crippen LogP) is 3.98. The summed E-state index contributed by atoms with van der Waals surface area (Å²) < 4.78 is 3.95. The first kappa shape index (κ1) is 18.1. The fourth-order valence-corrected chi connectivity index (χ4v) is 4.16. The Hall–Kier alpha value is -2.93. The monoisotopic (exact) mass is 407 g/mol. The van der Waals surface area contributed by atoms with Crippen molar-refractivity contribution in [1.29, 1.82) is 0 Å². The van der Waals surface area contributed by atoms with E-state index in [4.69, 9.17) is 11.6 Å². The highest BCUT2D eigenvalue weighted by Gasteiger charge is 2.27. The summed E-state index contributed by atoms with van der Waals surface area (Å²) in [4.78, 5) is 11.4. The Morgan fingerprint density at radius 3 is 2.72 bits per heavy atom. The average Bonchev–Trinajstić information content (AvgIpc) is 3.31. The third-order valence-electron chi connectivity index (χ3n) is 5.27. The molecule has 0 saturated carbocycles. The summed E-state index contributed by atoms with van der Waals surface area (Å²) in [5.41, 5.74) is 4.20. The number of hydrogen-bond acceptors (Lipinski definition) is 5. The third kappa shape index (κ3) is 3.06. The molecule has 0 unspecified atom stereocenters. The first-order valence-corrected chi connectivity index (χ1v) is 10.1. The minimum absolute atomic E-state index is 0.0178. The number of aromatic nitrogens is 6. The number of hydrogen-bond donors (Lipinski definition) is 0. The topological polar surface area (TPSA) is 64.7 Å². The molecule has 1 aromatic carbocycles. The largest absolute Gasteiger partial charge is 0.351 e. The van der Waals surface area contributed by atoms with Crippen LogP contribution in [0.2, 0.25) is 5.02 Å². The number of nitrogens with zero attached hydrogens (tertiary/aromatic N) is 7. The fraction of sp³-hybridized carbons (Fsp3) is 0.333. The van der Waals surface area contributed by atoms with E-state index in [-0.39, 0.29) is 5.54 Å². The van der Waals surface area contributed by atoms with Crippen LogP contribution in [-0.4, -0.2) is 36.1 Å². The van der Waals surface area contributed by atoms with Gasteiger partial charge in [0.05, 0.1) is 29.0 Å². The standard InChI is InChI=1S/C21H22ClN7/c1-21(2,3)29-18-7-8-27(12-14(18)10-26-29)19-17-11-25-28(20(17)24-13-23-19)16-6-4-5-15(22)9-16/h4-6,9-11,13H,7-8,12H2,1-3H3. The van der Waals surface area contributed by atoms with Crippen molar-refractivity contribution < 1.29 is 0 Å². The zero-order valence-electron chi connectivity index (χ0n) is 16.7. The quantitative estimate of drug-likeness (QED) is 0.502. The van der Waals surface area contributed by atoms with E-state index >= 15 is 0 Å². The molecular formula is C21H22ClN7. The van der Waals surface area contributed by atoms with Crippen molar-refractivity contribution in [3.63, 3.8) is 0 Å². The van der Waals surface area contributed by atoms with Crippen LogP contribution < -0.4 is 4.90 Å². The van der Waals surface area contributed by atoms with Crippen LogP contribution >= 0.6 is 11.6 Å². The van der Waals surface area contributed by atoms with Gasteiger partial charge in [0.2, 0.25) is 0 Å². The Labute approximate surface area is 173 Å². The maximum atomic E-state index is 6.16. The number of fused-ring (bicyclic) bond motifs is 2. The zero-order valence-corrected chi connectivity index (χ0v) is 17.4. The zero-order chi connectivity index (χ0) is 20.2. The summed E-state index contributed by atoms with van der Waals surface area (Å²) in [6.07, 6.45) is 6.36. The second kappa shape index (κ2) is 6.56. The molecule has 1 aliphatic heterocycles. The van der Waals surface area contributed by atoms with Gasteiger partial charge in [-0.2, -0.15) is 10.2 Å². The third-order valence-corrected chi connectivity index (χ3v) is 5.50. The lowest BCUT2D eigenvalue weighted by Crippen LogP contribution is -2.34. The molecule has 0 spiro atoms. The lowest BCUT2D eigenvalue weighted by atomic mass is 10.0. The predicted molar refractivity (Wildman–Crippen MR) is 114 cm³/mol. The van der Waals surface area contributed by atoms with Crippen LogP contribution in [0, 0.1) is 0 Å². The van der Waals surface area contributed by atoms with Crippen molar-refractivity contribution in [2.24, 2.45) is 0 Å². The van der Waals surface area contributed by atoms with Gasteiger partial charge in [-0.05, 0) is 39.0 Å². The Bertz CT molecular complexity index is 1200. The molecule has 4 aromatic rings. The molecule has 0 fully saturated rings. The average molecular weight is 408 g/mol. The van der Waals surface area contributed by atoms with E-state index in [0.29, 0.717) is 5.02 Å². The van der Waals surface area contributed by atoms with Crippen LogP contribution in [-0.2, 0) is 18.5 Å². The number of rotatable bonds is 2. The van der Waals surface area contributed by atoms with Gasteiger partial charge in [0.1, 0.15) is 12.1 Å².